The van der Waals surface area contributed by atoms with E-state index >= 15 is 0 Å². The minimum Gasteiger partial charge on any atom is -0.454 e. The van der Waals surface area contributed by atoms with Gasteiger partial charge < -0.3 is 18.4 Å². The van der Waals surface area contributed by atoms with E-state index < -0.39 is 0 Å². The first-order chi connectivity index (χ1) is 15.1. The molecule has 0 bridgehead atoms. The lowest BCUT2D eigenvalue weighted by Gasteiger charge is -2.12. The SMILES string of the molecule is Cc1oc(-c2cc3c(cc2Cl)OCO3)nc1CN(C)Cc1nc(-c2ccccc2)no1. The monoisotopic (exact) mass is 438 g/mol. The molecule has 5 rings (SSSR count). The third-order valence-electron chi connectivity index (χ3n) is 4.91. The van der Waals surface area contributed by atoms with E-state index in [1.807, 2.05) is 49.2 Å². The highest BCUT2D eigenvalue weighted by atomic mass is 35.5. The van der Waals surface area contributed by atoms with Crippen molar-refractivity contribution in [2.75, 3.05) is 13.8 Å². The molecule has 1 aliphatic rings. The molecule has 8 nitrogen and oxygen atoms in total. The Kier molecular flexibility index (Phi) is 5.09. The van der Waals surface area contributed by atoms with Crippen molar-refractivity contribution in [3.05, 3.63) is 64.8 Å². The molecular formula is C22H19ClN4O4. The highest BCUT2D eigenvalue weighted by Gasteiger charge is 2.22. The fourth-order valence-corrected chi connectivity index (χ4v) is 3.57. The summed E-state index contributed by atoms with van der Waals surface area (Å²) in [5, 5.41) is 4.55. The van der Waals surface area contributed by atoms with Crippen LogP contribution in [0.25, 0.3) is 22.8 Å². The van der Waals surface area contributed by atoms with E-state index in [2.05, 4.69) is 15.1 Å². The third kappa shape index (κ3) is 3.99. The second-order valence-corrected chi connectivity index (χ2v) is 7.66. The molecule has 1 aliphatic heterocycles. The summed E-state index contributed by atoms with van der Waals surface area (Å²) < 4.78 is 22.1. The van der Waals surface area contributed by atoms with E-state index in [1.54, 1.807) is 12.1 Å². The lowest BCUT2D eigenvalue weighted by molar-refractivity contribution is 0.174. The Balaban J connectivity index is 1.30. The van der Waals surface area contributed by atoms with E-state index in [4.69, 9.17) is 30.0 Å². The minimum atomic E-state index is 0.178. The number of benzene rings is 2. The molecule has 0 aliphatic carbocycles. The Morgan fingerprint density at radius 2 is 1.81 bits per heavy atom. The van der Waals surface area contributed by atoms with Crippen molar-refractivity contribution < 1.29 is 18.4 Å². The summed E-state index contributed by atoms with van der Waals surface area (Å²) in [4.78, 5) is 11.1. The molecular weight excluding hydrogens is 420 g/mol. The number of nitrogens with zero attached hydrogens (tertiary/aromatic N) is 4. The van der Waals surface area contributed by atoms with E-state index in [9.17, 15) is 0 Å². The Morgan fingerprint density at radius 1 is 1.03 bits per heavy atom. The molecule has 158 valence electrons. The van der Waals surface area contributed by atoms with Gasteiger partial charge in [0, 0.05) is 18.2 Å². The molecule has 2 aromatic carbocycles. The van der Waals surface area contributed by atoms with Gasteiger partial charge in [0.05, 0.1) is 22.8 Å². The van der Waals surface area contributed by atoms with E-state index in [0.717, 1.165) is 11.3 Å². The Hall–Kier alpha value is -3.36. The Labute approximate surface area is 183 Å². The number of ether oxygens (including phenoxy) is 2. The molecule has 0 saturated carbocycles. The molecule has 0 fully saturated rings. The quantitative estimate of drug-likeness (QED) is 0.427. The molecule has 0 saturated heterocycles. The van der Waals surface area contributed by atoms with Gasteiger partial charge in [-0.2, -0.15) is 4.98 Å². The lowest BCUT2D eigenvalue weighted by atomic mass is 10.2. The fourth-order valence-electron chi connectivity index (χ4n) is 3.34. The normalized spacial score (nSPS) is 12.6. The number of aromatic nitrogens is 3. The van der Waals surface area contributed by atoms with Crippen molar-refractivity contribution in [1.29, 1.82) is 0 Å². The summed E-state index contributed by atoms with van der Waals surface area (Å²) in [6.07, 6.45) is 0. The topological polar surface area (TPSA) is 86.7 Å². The van der Waals surface area contributed by atoms with Crippen LogP contribution in [0.3, 0.4) is 0 Å². The molecule has 9 heteroatoms. The summed E-state index contributed by atoms with van der Waals surface area (Å²) in [7, 11) is 1.95. The number of oxazole rings is 1. The van der Waals surface area contributed by atoms with Gasteiger partial charge in [-0.25, -0.2) is 4.98 Å². The third-order valence-corrected chi connectivity index (χ3v) is 5.22. The minimum absolute atomic E-state index is 0.178. The second-order valence-electron chi connectivity index (χ2n) is 7.26. The van der Waals surface area contributed by atoms with Crippen molar-refractivity contribution in [3.8, 4) is 34.3 Å². The largest absolute Gasteiger partial charge is 0.454 e. The van der Waals surface area contributed by atoms with Gasteiger partial charge in [0.1, 0.15) is 5.76 Å². The number of hydrogen-bond acceptors (Lipinski definition) is 8. The Morgan fingerprint density at radius 3 is 2.61 bits per heavy atom. The molecule has 0 atom stereocenters. The molecule has 0 radical (unpaired) electrons. The number of halogens is 1. The average Bonchev–Trinajstić information content (AvgIpc) is 3.49. The van der Waals surface area contributed by atoms with Gasteiger partial charge in [-0.05, 0) is 20.0 Å². The van der Waals surface area contributed by atoms with Gasteiger partial charge in [0.15, 0.2) is 11.5 Å². The van der Waals surface area contributed by atoms with Crippen LogP contribution in [0.5, 0.6) is 11.5 Å². The first-order valence-electron chi connectivity index (χ1n) is 9.69. The fraction of sp³-hybridized carbons (Fsp3) is 0.227. The zero-order valence-corrected chi connectivity index (χ0v) is 17.7. The highest BCUT2D eigenvalue weighted by Crippen LogP contribution is 2.41. The zero-order chi connectivity index (χ0) is 21.4. The van der Waals surface area contributed by atoms with E-state index in [1.165, 1.54) is 0 Å². The summed E-state index contributed by atoms with van der Waals surface area (Å²) >= 11 is 6.40. The first kappa shape index (κ1) is 19.6. The van der Waals surface area contributed by atoms with Gasteiger partial charge in [0.25, 0.3) is 0 Å². The maximum atomic E-state index is 6.40. The van der Waals surface area contributed by atoms with Gasteiger partial charge in [-0.15, -0.1) is 0 Å². The molecule has 0 amide bonds. The van der Waals surface area contributed by atoms with Crippen LogP contribution in [0.4, 0.5) is 0 Å². The first-order valence-corrected chi connectivity index (χ1v) is 10.1. The average molecular weight is 439 g/mol. The maximum absolute atomic E-state index is 6.40. The van der Waals surface area contributed by atoms with Crippen molar-refractivity contribution in [3.63, 3.8) is 0 Å². The molecule has 31 heavy (non-hydrogen) atoms. The van der Waals surface area contributed by atoms with Crippen molar-refractivity contribution >= 4 is 11.6 Å². The summed E-state index contributed by atoms with van der Waals surface area (Å²) in [5.74, 6) is 3.49. The molecule has 4 aromatic rings. The van der Waals surface area contributed by atoms with Gasteiger partial charge in [-0.1, -0.05) is 47.1 Å². The van der Waals surface area contributed by atoms with E-state index in [0.29, 0.717) is 58.5 Å². The van der Waals surface area contributed by atoms with Crippen LogP contribution < -0.4 is 9.47 Å². The van der Waals surface area contributed by atoms with Crippen LogP contribution in [-0.2, 0) is 13.1 Å². The van der Waals surface area contributed by atoms with Crippen LogP contribution in [-0.4, -0.2) is 33.9 Å². The van der Waals surface area contributed by atoms with Gasteiger partial charge in [-0.3, -0.25) is 4.90 Å². The standard InChI is InChI=1S/C22H19ClN4O4/c1-13-17(24-22(30-13)15-8-18-19(9-16(15)23)29-12-28-18)10-27(2)11-20-25-21(26-31-20)14-6-4-3-5-7-14/h3-9H,10-12H2,1-2H3. The van der Waals surface area contributed by atoms with Crippen LogP contribution in [0, 0.1) is 6.92 Å². The van der Waals surface area contributed by atoms with E-state index in [-0.39, 0.29) is 6.79 Å². The molecule has 0 N–H and O–H groups in total. The number of hydrogen-bond donors (Lipinski definition) is 0. The van der Waals surface area contributed by atoms with Crippen LogP contribution in [0.1, 0.15) is 17.3 Å². The predicted molar refractivity (Wildman–Crippen MR) is 113 cm³/mol. The molecule has 2 aromatic heterocycles. The van der Waals surface area contributed by atoms with Gasteiger partial charge in [0.2, 0.25) is 24.4 Å². The van der Waals surface area contributed by atoms with Gasteiger partial charge >= 0.3 is 0 Å². The zero-order valence-electron chi connectivity index (χ0n) is 17.0. The summed E-state index contributed by atoms with van der Waals surface area (Å²) in [5.41, 5.74) is 2.37. The van der Waals surface area contributed by atoms with Crippen molar-refractivity contribution in [2.45, 2.75) is 20.0 Å². The Bertz CT molecular complexity index is 1220. The number of aryl methyl sites for hydroxylation is 1. The summed E-state index contributed by atoms with van der Waals surface area (Å²) in [6, 6.07) is 13.2. The molecule has 3 heterocycles. The molecule has 0 unspecified atom stereocenters. The van der Waals surface area contributed by atoms with Crippen LogP contribution >= 0.6 is 11.6 Å². The number of fused-ring (bicyclic) bond motifs is 1. The van der Waals surface area contributed by atoms with Crippen molar-refractivity contribution in [1.82, 2.24) is 20.0 Å². The molecule has 0 spiro atoms. The second kappa shape index (κ2) is 8.05. The highest BCUT2D eigenvalue weighted by molar-refractivity contribution is 6.33. The van der Waals surface area contributed by atoms with Crippen LogP contribution in [0.15, 0.2) is 51.4 Å². The lowest BCUT2D eigenvalue weighted by Crippen LogP contribution is -2.18. The number of rotatable bonds is 6. The maximum Gasteiger partial charge on any atom is 0.241 e. The van der Waals surface area contributed by atoms with Crippen LogP contribution in [0.2, 0.25) is 5.02 Å². The smallest absolute Gasteiger partial charge is 0.241 e. The summed E-state index contributed by atoms with van der Waals surface area (Å²) in [6.45, 7) is 3.07. The predicted octanol–water partition coefficient (Wildman–Crippen LogP) is 4.71. The van der Waals surface area contributed by atoms with Crippen molar-refractivity contribution in [2.24, 2.45) is 0 Å².